The molecule has 1 aromatic heterocycles. The topological polar surface area (TPSA) is 110 Å². The number of ether oxygens (including phenoxy) is 1. The highest BCUT2D eigenvalue weighted by Crippen LogP contribution is 2.25. The van der Waals surface area contributed by atoms with Crippen LogP contribution in [0.15, 0.2) is 17.0 Å². The minimum Gasteiger partial charge on any atom is -0.494 e. The number of aromatic nitrogens is 4. The van der Waals surface area contributed by atoms with Crippen LogP contribution in [-0.4, -0.2) is 35.6 Å². The van der Waals surface area contributed by atoms with Crippen LogP contribution in [0.4, 0.5) is 0 Å². The van der Waals surface area contributed by atoms with Gasteiger partial charge in [0.15, 0.2) is 5.82 Å². The van der Waals surface area contributed by atoms with Gasteiger partial charge in [0.1, 0.15) is 5.75 Å². The predicted octanol–water partition coefficient (Wildman–Crippen LogP) is 0.694. The van der Waals surface area contributed by atoms with Crippen LogP contribution in [0.1, 0.15) is 23.9 Å². The second kappa shape index (κ2) is 6.19. The van der Waals surface area contributed by atoms with E-state index in [0.29, 0.717) is 17.9 Å². The summed E-state index contributed by atoms with van der Waals surface area (Å²) < 4.78 is 32.6. The average molecular weight is 311 g/mol. The van der Waals surface area contributed by atoms with Crippen molar-refractivity contribution in [2.24, 2.45) is 0 Å². The summed E-state index contributed by atoms with van der Waals surface area (Å²) in [5, 5.41) is 13.0. The van der Waals surface area contributed by atoms with Gasteiger partial charge in [-0.05, 0) is 44.0 Å². The lowest BCUT2D eigenvalue weighted by atomic mass is 10.1. The number of aryl methyl sites for hydroxylation is 2. The summed E-state index contributed by atoms with van der Waals surface area (Å²) in [6, 6.07) is 3.32. The van der Waals surface area contributed by atoms with Gasteiger partial charge < -0.3 is 4.74 Å². The van der Waals surface area contributed by atoms with Crippen molar-refractivity contribution in [2.75, 3.05) is 6.61 Å². The van der Waals surface area contributed by atoms with Crippen molar-refractivity contribution in [1.29, 1.82) is 0 Å². The zero-order valence-corrected chi connectivity index (χ0v) is 12.9. The van der Waals surface area contributed by atoms with Gasteiger partial charge >= 0.3 is 0 Å². The van der Waals surface area contributed by atoms with E-state index in [-0.39, 0.29) is 17.3 Å². The molecule has 0 aliphatic rings. The molecule has 0 aliphatic carbocycles. The van der Waals surface area contributed by atoms with Crippen LogP contribution in [0.2, 0.25) is 0 Å². The van der Waals surface area contributed by atoms with E-state index in [9.17, 15) is 8.42 Å². The molecule has 0 saturated heterocycles. The van der Waals surface area contributed by atoms with Crippen LogP contribution in [0.3, 0.4) is 0 Å². The minimum absolute atomic E-state index is 0.0233. The van der Waals surface area contributed by atoms with Gasteiger partial charge in [0.2, 0.25) is 10.0 Å². The number of rotatable bonds is 6. The molecule has 9 heteroatoms. The number of hydrogen-bond donors (Lipinski definition) is 2. The summed E-state index contributed by atoms with van der Waals surface area (Å²) in [7, 11) is -3.65. The maximum Gasteiger partial charge on any atom is 0.241 e. The molecule has 2 rings (SSSR count). The lowest BCUT2D eigenvalue weighted by molar-refractivity contribution is 0.337. The molecule has 2 N–H and O–H groups in total. The normalized spacial score (nSPS) is 11.6. The Bertz CT molecular complexity index is 713. The van der Waals surface area contributed by atoms with E-state index in [4.69, 9.17) is 4.74 Å². The Balaban J connectivity index is 2.25. The molecule has 0 atom stereocenters. The summed E-state index contributed by atoms with van der Waals surface area (Å²) in [5.74, 6) is 0.964. The summed E-state index contributed by atoms with van der Waals surface area (Å²) in [6.45, 7) is 5.92. The summed E-state index contributed by atoms with van der Waals surface area (Å²) in [4.78, 5) is 0.215. The quantitative estimate of drug-likeness (QED) is 0.812. The van der Waals surface area contributed by atoms with Crippen LogP contribution in [0.25, 0.3) is 0 Å². The molecule has 8 nitrogen and oxygen atoms in total. The molecule has 0 aliphatic heterocycles. The van der Waals surface area contributed by atoms with Gasteiger partial charge in [0.05, 0.1) is 18.0 Å². The lowest BCUT2D eigenvalue weighted by Gasteiger charge is -2.13. The maximum atomic E-state index is 12.3. The van der Waals surface area contributed by atoms with E-state index < -0.39 is 10.0 Å². The van der Waals surface area contributed by atoms with Gasteiger partial charge in [-0.1, -0.05) is 5.21 Å². The van der Waals surface area contributed by atoms with E-state index in [1.54, 1.807) is 19.1 Å². The molecule has 0 spiro atoms. The Morgan fingerprint density at radius 3 is 2.67 bits per heavy atom. The fraction of sp³-hybridized carbons (Fsp3) is 0.417. The van der Waals surface area contributed by atoms with E-state index in [0.717, 1.165) is 5.56 Å². The number of nitrogens with one attached hydrogen (secondary N) is 2. The van der Waals surface area contributed by atoms with E-state index in [1.165, 1.54) is 0 Å². The zero-order chi connectivity index (χ0) is 15.5. The highest BCUT2D eigenvalue weighted by Gasteiger charge is 2.19. The third-order valence-electron chi connectivity index (χ3n) is 2.87. The smallest absolute Gasteiger partial charge is 0.241 e. The molecule has 21 heavy (non-hydrogen) atoms. The fourth-order valence-corrected chi connectivity index (χ4v) is 3.15. The Hall–Kier alpha value is -2.00. The molecule has 0 radical (unpaired) electrons. The largest absolute Gasteiger partial charge is 0.494 e. The Labute approximate surface area is 123 Å². The highest BCUT2D eigenvalue weighted by atomic mass is 32.2. The number of nitrogens with zero attached hydrogens (tertiary/aromatic N) is 3. The average Bonchev–Trinajstić information content (AvgIpc) is 2.94. The Morgan fingerprint density at radius 2 is 2.05 bits per heavy atom. The van der Waals surface area contributed by atoms with Crippen molar-refractivity contribution in [3.63, 3.8) is 0 Å². The van der Waals surface area contributed by atoms with Crippen molar-refractivity contribution in [2.45, 2.75) is 32.2 Å². The van der Waals surface area contributed by atoms with E-state index in [2.05, 4.69) is 25.3 Å². The maximum absolute atomic E-state index is 12.3. The van der Waals surface area contributed by atoms with Crippen LogP contribution in [0.5, 0.6) is 5.75 Å². The lowest BCUT2D eigenvalue weighted by Crippen LogP contribution is -2.24. The monoisotopic (exact) mass is 311 g/mol. The molecule has 0 bridgehead atoms. The third kappa shape index (κ3) is 3.56. The van der Waals surface area contributed by atoms with Crippen LogP contribution in [-0.2, 0) is 16.6 Å². The SMILES string of the molecule is CCOc1cc(C)c(S(=O)(=O)NCc2nn[nH]n2)cc1C. The van der Waals surface area contributed by atoms with Crippen molar-refractivity contribution in [3.8, 4) is 5.75 Å². The molecule has 0 amide bonds. The minimum atomic E-state index is -3.65. The van der Waals surface area contributed by atoms with Crippen LogP contribution in [0, 0.1) is 13.8 Å². The van der Waals surface area contributed by atoms with Crippen molar-refractivity contribution < 1.29 is 13.2 Å². The second-order valence-electron chi connectivity index (χ2n) is 4.47. The number of benzene rings is 1. The number of tetrazole rings is 1. The zero-order valence-electron chi connectivity index (χ0n) is 12.0. The summed E-state index contributed by atoms with van der Waals surface area (Å²) in [6.07, 6.45) is 0. The molecule has 2 aromatic rings. The Kier molecular flexibility index (Phi) is 4.53. The van der Waals surface area contributed by atoms with Gasteiger partial charge in [-0.3, -0.25) is 0 Å². The number of aromatic amines is 1. The first-order valence-corrected chi connectivity index (χ1v) is 7.88. The number of H-pyrrole nitrogens is 1. The molecule has 0 fully saturated rings. The molecule has 114 valence electrons. The summed E-state index contributed by atoms with van der Waals surface area (Å²) in [5.41, 5.74) is 1.38. The molecule has 1 heterocycles. The number of sulfonamides is 1. The first-order chi connectivity index (χ1) is 9.94. The number of hydrogen-bond acceptors (Lipinski definition) is 6. The third-order valence-corrected chi connectivity index (χ3v) is 4.41. The van der Waals surface area contributed by atoms with E-state index in [1.807, 2.05) is 13.8 Å². The molecule has 1 aromatic carbocycles. The van der Waals surface area contributed by atoms with Gasteiger partial charge in [0, 0.05) is 0 Å². The van der Waals surface area contributed by atoms with Crippen LogP contribution >= 0.6 is 0 Å². The van der Waals surface area contributed by atoms with Gasteiger partial charge in [0.25, 0.3) is 0 Å². The van der Waals surface area contributed by atoms with E-state index >= 15 is 0 Å². The fourth-order valence-electron chi connectivity index (χ4n) is 1.86. The van der Waals surface area contributed by atoms with Gasteiger partial charge in [-0.25, -0.2) is 13.1 Å². The Morgan fingerprint density at radius 1 is 1.29 bits per heavy atom. The molecular formula is C12H17N5O3S. The van der Waals surface area contributed by atoms with Gasteiger partial charge in [-0.15, -0.1) is 10.2 Å². The standard InChI is InChI=1S/C12H17N5O3S/c1-4-20-10-5-9(3)11(6-8(10)2)21(18,19)13-7-12-14-16-17-15-12/h5-6,13H,4,7H2,1-3H3,(H,14,15,16,17). The van der Waals surface area contributed by atoms with Crippen molar-refractivity contribution in [3.05, 3.63) is 29.1 Å². The van der Waals surface area contributed by atoms with Gasteiger partial charge in [-0.2, -0.15) is 5.21 Å². The highest BCUT2D eigenvalue weighted by molar-refractivity contribution is 7.89. The van der Waals surface area contributed by atoms with Crippen LogP contribution < -0.4 is 9.46 Å². The van der Waals surface area contributed by atoms with Crippen molar-refractivity contribution in [1.82, 2.24) is 25.3 Å². The second-order valence-corrected chi connectivity index (χ2v) is 6.20. The first kappa shape index (κ1) is 15.4. The van der Waals surface area contributed by atoms with Crippen molar-refractivity contribution >= 4 is 10.0 Å². The predicted molar refractivity (Wildman–Crippen MR) is 75.3 cm³/mol. The molecule has 0 unspecified atom stereocenters. The molecule has 0 saturated carbocycles. The first-order valence-electron chi connectivity index (χ1n) is 6.40. The summed E-state index contributed by atoms with van der Waals surface area (Å²) >= 11 is 0. The molecular weight excluding hydrogens is 294 g/mol.